The van der Waals surface area contributed by atoms with Crippen molar-refractivity contribution in [1.29, 1.82) is 0 Å². The summed E-state index contributed by atoms with van der Waals surface area (Å²) in [5.41, 5.74) is 1.58. The summed E-state index contributed by atoms with van der Waals surface area (Å²) < 4.78 is 4.76. The molecule has 0 aliphatic rings. The highest BCUT2D eigenvalue weighted by molar-refractivity contribution is 5.87. The fourth-order valence-electron chi connectivity index (χ4n) is 1.07. The molecule has 3 heteroatoms. The highest BCUT2D eigenvalue weighted by Gasteiger charge is 2.03. The standard InChI is InChI=1S/C11H13NO2/c1-3-9-7-5-6-8-10(9)12-11(13)14-4-2/h3,5-8H,1,4H2,2H3,(H,12,13). The Morgan fingerprint density at radius 2 is 2.29 bits per heavy atom. The zero-order chi connectivity index (χ0) is 10.4. The molecule has 1 rings (SSSR count). The van der Waals surface area contributed by atoms with Crippen LogP contribution in [0.5, 0.6) is 0 Å². The van der Waals surface area contributed by atoms with Gasteiger partial charge in [-0.3, -0.25) is 5.32 Å². The summed E-state index contributed by atoms with van der Waals surface area (Å²) in [5.74, 6) is 0. The number of anilines is 1. The molecular formula is C11H13NO2. The van der Waals surface area contributed by atoms with Crippen LogP contribution in [0.3, 0.4) is 0 Å². The van der Waals surface area contributed by atoms with Crippen LogP contribution < -0.4 is 5.32 Å². The van der Waals surface area contributed by atoms with Crippen molar-refractivity contribution < 1.29 is 9.53 Å². The average molecular weight is 191 g/mol. The molecule has 0 saturated heterocycles. The Labute approximate surface area is 83.4 Å². The Balaban J connectivity index is 2.75. The van der Waals surface area contributed by atoms with Crippen molar-refractivity contribution in [2.75, 3.05) is 11.9 Å². The molecule has 0 fully saturated rings. The Morgan fingerprint density at radius 1 is 1.57 bits per heavy atom. The number of carbonyl (C=O) groups is 1. The Bertz CT molecular complexity index is 334. The van der Waals surface area contributed by atoms with Crippen molar-refractivity contribution >= 4 is 17.9 Å². The maximum absolute atomic E-state index is 11.1. The zero-order valence-corrected chi connectivity index (χ0v) is 8.12. The average Bonchev–Trinajstić information content (AvgIpc) is 2.19. The number of hydrogen-bond acceptors (Lipinski definition) is 2. The van der Waals surface area contributed by atoms with Crippen LogP contribution in [-0.4, -0.2) is 12.7 Å². The third kappa shape index (κ3) is 2.62. The van der Waals surface area contributed by atoms with Gasteiger partial charge in [-0.05, 0) is 18.6 Å². The number of amides is 1. The van der Waals surface area contributed by atoms with E-state index in [1.807, 2.05) is 18.2 Å². The van der Waals surface area contributed by atoms with Gasteiger partial charge in [0, 0.05) is 0 Å². The minimum atomic E-state index is -0.443. The second kappa shape index (κ2) is 5.07. The van der Waals surface area contributed by atoms with Gasteiger partial charge in [-0.25, -0.2) is 4.79 Å². The lowest BCUT2D eigenvalue weighted by molar-refractivity contribution is 0.168. The van der Waals surface area contributed by atoms with Crippen molar-refractivity contribution in [3.05, 3.63) is 36.4 Å². The Morgan fingerprint density at radius 3 is 2.93 bits per heavy atom. The Hall–Kier alpha value is -1.77. The van der Waals surface area contributed by atoms with Crippen molar-refractivity contribution in [3.63, 3.8) is 0 Å². The van der Waals surface area contributed by atoms with E-state index in [1.54, 1.807) is 19.1 Å². The van der Waals surface area contributed by atoms with Crippen molar-refractivity contribution in [3.8, 4) is 0 Å². The molecule has 0 saturated carbocycles. The second-order valence-corrected chi connectivity index (χ2v) is 2.64. The van der Waals surface area contributed by atoms with E-state index in [1.165, 1.54) is 0 Å². The molecule has 0 aliphatic heterocycles. The molecule has 3 nitrogen and oxygen atoms in total. The third-order valence-electron chi connectivity index (χ3n) is 1.69. The predicted octanol–water partition coefficient (Wildman–Crippen LogP) is 2.90. The smallest absolute Gasteiger partial charge is 0.411 e. The molecule has 0 spiro atoms. The summed E-state index contributed by atoms with van der Waals surface area (Å²) in [6.07, 6.45) is 1.24. The molecule has 0 unspecified atom stereocenters. The maximum atomic E-state index is 11.1. The third-order valence-corrected chi connectivity index (χ3v) is 1.69. The van der Waals surface area contributed by atoms with E-state index in [9.17, 15) is 4.79 Å². The molecule has 1 amide bonds. The minimum Gasteiger partial charge on any atom is -0.450 e. The molecule has 1 aromatic carbocycles. The molecule has 0 radical (unpaired) electrons. The molecule has 0 heterocycles. The number of ether oxygens (including phenoxy) is 1. The first-order valence-corrected chi connectivity index (χ1v) is 4.43. The first kappa shape index (κ1) is 10.3. The maximum Gasteiger partial charge on any atom is 0.411 e. The number of nitrogens with one attached hydrogen (secondary N) is 1. The lowest BCUT2D eigenvalue weighted by Gasteiger charge is -2.07. The van der Waals surface area contributed by atoms with E-state index < -0.39 is 6.09 Å². The summed E-state index contributed by atoms with van der Waals surface area (Å²) in [4.78, 5) is 11.1. The van der Waals surface area contributed by atoms with Crippen LogP contribution in [0.25, 0.3) is 6.08 Å². The quantitative estimate of drug-likeness (QED) is 0.797. The first-order valence-electron chi connectivity index (χ1n) is 4.43. The van der Waals surface area contributed by atoms with Gasteiger partial charge >= 0.3 is 6.09 Å². The van der Waals surface area contributed by atoms with Crippen LogP contribution in [0.15, 0.2) is 30.8 Å². The molecule has 1 N–H and O–H groups in total. The SMILES string of the molecule is C=Cc1ccccc1NC(=O)OCC. The van der Waals surface area contributed by atoms with Crippen LogP contribution in [0.2, 0.25) is 0 Å². The van der Waals surface area contributed by atoms with Gasteiger partial charge in [0.15, 0.2) is 0 Å². The largest absolute Gasteiger partial charge is 0.450 e. The van der Waals surface area contributed by atoms with Crippen molar-refractivity contribution in [1.82, 2.24) is 0 Å². The van der Waals surface area contributed by atoms with Gasteiger partial charge in [-0.15, -0.1) is 0 Å². The number of carbonyl (C=O) groups excluding carboxylic acids is 1. The van der Waals surface area contributed by atoms with Gasteiger partial charge in [0.25, 0.3) is 0 Å². The second-order valence-electron chi connectivity index (χ2n) is 2.64. The summed E-state index contributed by atoms with van der Waals surface area (Å²) in [6.45, 7) is 5.78. The zero-order valence-electron chi connectivity index (χ0n) is 8.12. The summed E-state index contributed by atoms with van der Waals surface area (Å²) in [7, 11) is 0. The molecule has 0 atom stereocenters. The molecule has 0 aliphatic carbocycles. The van der Waals surface area contributed by atoms with Crippen LogP contribution in [0.4, 0.5) is 10.5 Å². The predicted molar refractivity (Wildman–Crippen MR) is 57.2 cm³/mol. The highest BCUT2D eigenvalue weighted by atomic mass is 16.5. The normalized spacial score (nSPS) is 9.21. The molecule has 0 bridgehead atoms. The molecule has 0 aromatic heterocycles. The topological polar surface area (TPSA) is 38.3 Å². The highest BCUT2D eigenvalue weighted by Crippen LogP contribution is 2.15. The number of para-hydroxylation sites is 1. The van der Waals surface area contributed by atoms with E-state index >= 15 is 0 Å². The van der Waals surface area contributed by atoms with Crippen LogP contribution in [-0.2, 0) is 4.74 Å². The van der Waals surface area contributed by atoms with Gasteiger partial charge < -0.3 is 4.74 Å². The van der Waals surface area contributed by atoms with E-state index in [0.29, 0.717) is 12.3 Å². The van der Waals surface area contributed by atoms with Gasteiger partial charge in [0.05, 0.1) is 12.3 Å². The van der Waals surface area contributed by atoms with Crippen LogP contribution in [0, 0.1) is 0 Å². The lowest BCUT2D eigenvalue weighted by atomic mass is 10.2. The lowest BCUT2D eigenvalue weighted by Crippen LogP contribution is -2.13. The molecule has 1 aromatic rings. The Kier molecular flexibility index (Phi) is 3.73. The number of hydrogen-bond donors (Lipinski definition) is 1. The van der Waals surface area contributed by atoms with Gasteiger partial charge in [0.1, 0.15) is 0 Å². The van der Waals surface area contributed by atoms with Crippen LogP contribution >= 0.6 is 0 Å². The summed E-state index contributed by atoms with van der Waals surface area (Å²) in [6, 6.07) is 7.39. The molecule has 74 valence electrons. The van der Waals surface area contributed by atoms with Gasteiger partial charge in [-0.2, -0.15) is 0 Å². The molecule has 14 heavy (non-hydrogen) atoms. The van der Waals surface area contributed by atoms with Crippen molar-refractivity contribution in [2.24, 2.45) is 0 Å². The van der Waals surface area contributed by atoms with Gasteiger partial charge in [0.2, 0.25) is 0 Å². The molecular weight excluding hydrogens is 178 g/mol. The van der Waals surface area contributed by atoms with Gasteiger partial charge in [-0.1, -0.05) is 30.9 Å². The number of rotatable bonds is 3. The summed E-state index contributed by atoms with van der Waals surface area (Å²) in [5, 5.41) is 2.63. The van der Waals surface area contributed by atoms with E-state index in [4.69, 9.17) is 4.74 Å². The minimum absolute atomic E-state index is 0.363. The monoisotopic (exact) mass is 191 g/mol. The van der Waals surface area contributed by atoms with E-state index in [2.05, 4.69) is 11.9 Å². The summed E-state index contributed by atoms with van der Waals surface area (Å²) >= 11 is 0. The fraction of sp³-hybridized carbons (Fsp3) is 0.182. The first-order chi connectivity index (χ1) is 6.77. The fourth-order valence-corrected chi connectivity index (χ4v) is 1.07. The van der Waals surface area contributed by atoms with E-state index in [-0.39, 0.29) is 0 Å². The van der Waals surface area contributed by atoms with Crippen LogP contribution in [0.1, 0.15) is 12.5 Å². The number of benzene rings is 1. The van der Waals surface area contributed by atoms with Crippen molar-refractivity contribution in [2.45, 2.75) is 6.92 Å². The van der Waals surface area contributed by atoms with E-state index in [0.717, 1.165) is 5.56 Å².